The van der Waals surface area contributed by atoms with Crippen molar-refractivity contribution in [3.05, 3.63) is 101 Å². The second-order valence-electron chi connectivity index (χ2n) is 8.61. The van der Waals surface area contributed by atoms with E-state index < -0.39 is 0 Å². The topological polar surface area (TPSA) is 41.6 Å². The highest BCUT2D eigenvalue weighted by molar-refractivity contribution is 5.79. The van der Waals surface area contributed by atoms with Crippen LogP contribution in [0.3, 0.4) is 0 Å². The van der Waals surface area contributed by atoms with Crippen molar-refractivity contribution in [3.63, 3.8) is 0 Å². The first-order valence-corrected chi connectivity index (χ1v) is 11.6. The average molecular weight is 447 g/mol. The molecule has 0 spiro atoms. The van der Waals surface area contributed by atoms with Crippen LogP contribution in [0.2, 0.25) is 0 Å². The van der Waals surface area contributed by atoms with Crippen LogP contribution in [0, 0.1) is 11.7 Å². The van der Waals surface area contributed by atoms with Crippen molar-refractivity contribution < 1.29 is 13.9 Å². The number of nitrogens with zero attached hydrogens (tertiary/aromatic N) is 1. The van der Waals surface area contributed by atoms with Gasteiger partial charge in [-0.3, -0.25) is 9.69 Å². The molecule has 2 atom stereocenters. The van der Waals surface area contributed by atoms with Crippen molar-refractivity contribution in [2.24, 2.45) is 5.92 Å². The zero-order chi connectivity index (χ0) is 23.0. The highest BCUT2D eigenvalue weighted by Crippen LogP contribution is 2.34. The number of hydrogen-bond donors (Lipinski definition) is 1. The molecule has 172 valence electrons. The fourth-order valence-corrected chi connectivity index (χ4v) is 4.68. The van der Waals surface area contributed by atoms with Gasteiger partial charge < -0.3 is 10.1 Å². The number of ether oxygens (including phenoxy) is 1. The molecule has 0 radical (unpaired) electrons. The van der Waals surface area contributed by atoms with E-state index in [0.29, 0.717) is 19.6 Å². The van der Waals surface area contributed by atoms with Crippen LogP contribution in [-0.4, -0.2) is 31.0 Å². The minimum Gasteiger partial charge on any atom is -0.496 e. The van der Waals surface area contributed by atoms with E-state index in [1.807, 2.05) is 42.5 Å². The molecular formula is C28H31FN2O2. The molecule has 1 heterocycles. The summed E-state index contributed by atoms with van der Waals surface area (Å²) < 4.78 is 18.8. The van der Waals surface area contributed by atoms with Crippen molar-refractivity contribution in [1.82, 2.24) is 10.2 Å². The lowest BCUT2D eigenvalue weighted by Gasteiger charge is -2.39. The minimum atomic E-state index is -0.232. The van der Waals surface area contributed by atoms with Gasteiger partial charge in [0.05, 0.1) is 13.0 Å². The molecule has 2 unspecified atom stereocenters. The summed E-state index contributed by atoms with van der Waals surface area (Å²) in [6.45, 7) is 1.94. The highest BCUT2D eigenvalue weighted by Gasteiger charge is 2.32. The number of methoxy groups -OCH3 is 1. The second-order valence-corrected chi connectivity index (χ2v) is 8.61. The van der Waals surface area contributed by atoms with Crippen LogP contribution >= 0.6 is 0 Å². The molecule has 1 fully saturated rings. The zero-order valence-corrected chi connectivity index (χ0v) is 19.0. The summed E-state index contributed by atoms with van der Waals surface area (Å²) >= 11 is 0. The van der Waals surface area contributed by atoms with Gasteiger partial charge in [0.1, 0.15) is 11.6 Å². The Hall–Kier alpha value is -3.18. The summed E-state index contributed by atoms with van der Waals surface area (Å²) in [4.78, 5) is 15.4. The fourth-order valence-electron chi connectivity index (χ4n) is 4.68. The molecular weight excluding hydrogens is 415 g/mol. The van der Waals surface area contributed by atoms with Crippen LogP contribution in [0.4, 0.5) is 4.39 Å². The lowest BCUT2D eigenvalue weighted by molar-refractivity contribution is -0.127. The number of carbonyl (C=O) groups excluding carboxylic acids is 1. The van der Waals surface area contributed by atoms with Crippen molar-refractivity contribution in [2.45, 2.75) is 31.8 Å². The SMILES string of the molecule is COc1ccccc1CCNC(=O)C1CCC(c2ccccc2)N(Cc2ccc(F)cc2)C1. The Morgan fingerprint density at radius 1 is 1.00 bits per heavy atom. The van der Waals surface area contributed by atoms with E-state index in [1.54, 1.807) is 7.11 Å². The predicted molar refractivity (Wildman–Crippen MR) is 128 cm³/mol. The van der Waals surface area contributed by atoms with Crippen LogP contribution in [0.5, 0.6) is 5.75 Å². The number of halogens is 1. The van der Waals surface area contributed by atoms with E-state index in [-0.39, 0.29) is 23.7 Å². The van der Waals surface area contributed by atoms with Gasteiger partial charge >= 0.3 is 0 Å². The summed E-state index contributed by atoms with van der Waals surface area (Å²) in [7, 11) is 1.66. The Balaban J connectivity index is 1.40. The standard InChI is InChI=1S/C28H31FN2O2/c1-33-27-10-6-5-9-23(27)17-18-30-28(32)24-13-16-26(22-7-3-2-4-8-22)31(20-24)19-21-11-14-25(29)15-12-21/h2-12,14-15,24,26H,13,16-20H2,1H3,(H,30,32). The summed E-state index contributed by atoms with van der Waals surface area (Å²) in [6.07, 6.45) is 2.49. The Kier molecular flexibility index (Phi) is 7.74. The number of nitrogens with one attached hydrogen (secondary N) is 1. The summed E-state index contributed by atoms with van der Waals surface area (Å²) in [5, 5.41) is 3.13. The van der Waals surface area contributed by atoms with Crippen molar-refractivity contribution >= 4 is 5.91 Å². The van der Waals surface area contributed by atoms with Gasteiger partial charge in [0.15, 0.2) is 0 Å². The molecule has 3 aromatic rings. The molecule has 1 N–H and O–H groups in total. The number of para-hydroxylation sites is 1. The lowest BCUT2D eigenvalue weighted by atomic mass is 9.88. The number of rotatable bonds is 8. The third-order valence-corrected chi connectivity index (χ3v) is 6.42. The fraction of sp³-hybridized carbons (Fsp3) is 0.321. The van der Waals surface area contributed by atoms with Crippen LogP contribution < -0.4 is 10.1 Å². The number of amides is 1. The van der Waals surface area contributed by atoms with Crippen LogP contribution in [-0.2, 0) is 17.8 Å². The Morgan fingerprint density at radius 2 is 1.73 bits per heavy atom. The molecule has 33 heavy (non-hydrogen) atoms. The largest absolute Gasteiger partial charge is 0.496 e. The van der Waals surface area contributed by atoms with E-state index in [2.05, 4.69) is 34.5 Å². The third-order valence-electron chi connectivity index (χ3n) is 6.42. The number of benzene rings is 3. The second kappa shape index (κ2) is 11.1. The molecule has 0 aromatic heterocycles. The van der Waals surface area contributed by atoms with Crippen molar-refractivity contribution in [3.8, 4) is 5.75 Å². The number of carbonyl (C=O) groups is 1. The Morgan fingerprint density at radius 3 is 2.48 bits per heavy atom. The van der Waals surface area contributed by atoms with E-state index in [1.165, 1.54) is 17.7 Å². The number of piperidine rings is 1. The molecule has 0 saturated carbocycles. The summed E-state index contributed by atoms with van der Waals surface area (Å²) in [6, 6.07) is 25.2. The van der Waals surface area contributed by atoms with Gasteiger partial charge in [-0.1, -0.05) is 60.7 Å². The van der Waals surface area contributed by atoms with E-state index >= 15 is 0 Å². The molecule has 0 aliphatic carbocycles. The van der Waals surface area contributed by atoms with E-state index in [9.17, 15) is 9.18 Å². The molecule has 4 rings (SSSR count). The maximum absolute atomic E-state index is 13.4. The van der Waals surface area contributed by atoms with Gasteiger partial charge in [-0.2, -0.15) is 0 Å². The Labute approximate surface area is 195 Å². The van der Waals surface area contributed by atoms with Crippen molar-refractivity contribution in [2.75, 3.05) is 20.2 Å². The first-order valence-electron chi connectivity index (χ1n) is 11.6. The van der Waals surface area contributed by atoms with Gasteiger partial charge in [0.25, 0.3) is 0 Å². The molecule has 4 nitrogen and oxygen atoms in total. The molecule has 3 aromatic carbocycles. The van der Waals surface area contributed by atoms with Crippen LogP contribution in [0.25, 0.3) is 0 Å². The molecule has 1 aliphatic heterocycles. The smallest absolute Gasteiger partial charge is 0.224 e. The highest BCUT2D eigenvalue weighted by atomic mass is 19.1. The van der Waals surface area contributed by atoms with Gasteiger partial charge in [0.2, 0.25) is 5.91 Å². The molecule has 1 aliphatic rings. The summed E-state index contributed by atoms with van der Waals surface area (Å²) in [5.74, 6) is 0.647. The quantitative estimate of drug-likeness (QED) is 0.521. The average Bonchev–Trinajstić information content (AvgIpc) is 2.86. The molecule has 1 saturated heterocycles. The Bertz CT molecular complexity index is 1040. The lowest BCUT2D eigenvalue weighted by Crippen LogP contribution is -2.44. The first kappa shape index (κ1) is 23.0. The van der Waals surface area contributed by atoms with Crippen molar-refractivity contribution in [1.29, 1.82) is 0 Å². The number of hydrogen-bond acceptors (Lipinski definition) is 3. The predicted octanol–water partition coefficient (Wildman–Crippen LogP) is 5.15. The number of likely N-dealkylation sites (tertiary alicyclic amines) is 1. The van der Waals surface area contributed by atoms with Gasteiger partial charge in [0, 0.05) is 25.7 Å². The first-order chi connectivity index (χ1) is 16.1. The normalized spacial score (nSPS) is 18.6. The van der Waals surface area contributed by atoms with Gasteiger partial charge in [-0.15, -0.1) is 0 Å². The van der Waals surface area contributed by atoms with E-state index in [0.717, 1.165) is 36.1 Å². The molecule has 0 bridgehead atoms. The maximum atomic E-state index is 13.4. The third kappa shape index (κ3) is 5.99. The van der Waals surface area contributed by atoms with Crippen LogP contribution in [0.15, 0.2) is 78.9 Å². The molecule has 5 heteroatoms. The summed E-state index contributed by atoms with van der Waals surface area (Å²) in [5.41, 5.74) is 3.40. The van der Waals surface area contributed by atoms with Gasteiger partial charge in [-0.05, 0) is 54.2 Å². The zero-order valence-electron chi connectivity index (χ0n) is 19.0. The van der Waals surface area contributed by atoms with E-state index in [4.69, 9.17) is 4.74 Å². The van der Waals surface area contributed by atoms with Crippen LogP contribution in [0.1, 0.15) is 35.6 Å². The monoisotopic (exact) mass is 446 g/mol. The maximum Gasteiger partial charge on any atom is 0.224 e. The molecule has 1 amide bonds. The van der Waals surface area contributed by atoms with Gasteiger partial charge in [-0.25, -0.2) is 4.39 Å². The minimum absolute atomic E-state index is 0.0666.